The van der Waals surface area contributed by atoms with Gasteiger partial charge in [0.25, 0.3) is 0 Å². The normalized spacial score (nSPS) is 14.1. The lowest BCUT2D eigenvalue weighted by molar-refractivity contribution is -0.138. The quantitative estimate of drug-likeness (QED) is 0.392. The first-order valence-corrected chi connectivity index (χ1v) is 17.9. The van der Waals surface area contributed by atoms with Crippen LogP contribution in [0.15, 0.2) is 12.2 Å². The Bertz CT molecular complexity index is 345. The highest BCUT2D eigenvalue weighted by Crippen LogP contribution is 2.53. The van der Waals surface area contributed by atoms with E-state index >= 15 is 0 Å². The van der Waals surface area contributed by atoms with E-state index in [0.29, 0.717) is 12.2 Å². The Morgan fingerprint density at radius 3 is 1.40 bits per heavy atom. The number of hydrogen-bond donors (Lipinski definition) is 0. The fourth-order valence-electron chi connectivity index (χ4n) is 4.32. The number of carbonyl (C=O) groups excluding carboxylic acids is 1. The predicted octanol–water partition coefficient (Wildman–Crippen LogP) is 4.94. The van der Waals surface area contributed by atoms with Crippen molar-refractivity contribution in [3.05, 3.63) is 12.2 Å². The summed E-state index contributed by atoms with van der Waals surface area (Å²) in [5, 5.41) is 0. The van der Waals surface area contributed by atoms with Crippen LogP contribution in [0.1, 0.15) is 6.92 Å². The van der Waals surface area contributed by atoms with Crippen molar-refractivity contribution < 1.29 is 9.53 Å². The minimum Gasteiger partial charge on any atom is -0.463 e. The largest absolute Gasteiger partial charge is 0.463 e. The molecule has 0 amide bonds. The maximum Gasteiger partial charge on any atom is 0.333 e. The summed E-state index contributed by atoms with van der Waals surface area (Å²) in [5.41, 5.74) is 0.501. The maximum absolute atomic E-state index is 11.9. The summed E-state index contributed by atoms with van der Waals surface area (Å²) in [4.78, 5) is 11.9. The molecule has 2 nitrogen and oxygen atoms in total. The minimum absolute atomic E-state index is 0.232. The van der Waals surface area contributed by atoms with Gasteiger partial charge in [0.15, 0.2) is 0 Å². The molecule has 0 atom stereocenters. The van der Waals surface area contributed by atoms with Crippen LogP contribution in [0.2, 0.25) is 63.2 Å². The van der Waals surface area contributed by atoms with Crippen molar-refractivity contribution in [1.29, 1.82) is 0 Å². The zero-order valence-electron chi connectivity index (χ0n) is 15.2. The average Bonchev–Trinajstić information content (AvgIpc) is 2.10. The SMILES string of the molecule is C=C(C)C(=O)OCC([Si](C)(C)C)([Si](C)(C)C)[Si](C)(C)C. The summed E-state index contributed by atoms with van der Waals surface area (Å²) < 4.78 is 5.98. The van der Waals surface area contributed by atoms with Crippen LogP contribution in [0.25, 0.3) is 0 Å². The summed E-state index contributed by atoms with van der Waals surface area (Å²) in [6, 6.07) is 0. The molecule has 0 spiro atoms. The average molecular weight is 331 g/mol. The van der Waals surface area contributed by atoms with Gasteiger partial charge in [-0.05, 0) is 11.2 Å². The van der Waals surface area contributed by atoms with Gasteiger partial charge in [0.2, 0.25) is 0 Å². The van der Waals surface area contributed by atoms with E-state index in [1.54, 1.807) is 6.92 Å². The molecule has 0 aliphatic carbocycles. The molecule has 0 aromatic rings. The highest BCUT2D eigenvalue weighted by molar-refractivity contribution is 7.15. The van der Waals surface area contributed by atoms with Gasteiger partial charge in [-0.25, -0.2) is 4.79 Å². The lowest BCUT2D eigenvalue weighted by Crippen LogP contribution is -2.67. The summed E-state index contributed by atoms with van der Waals surface area (Å²) in [7, 11) is -4.48. The highest BCUT2D eigenvalue weighted by atomic mass is 28.5. The Morgan fingerprint density at radius 2 is 1.20 bits per heavy atom. The van der Waals surface area contributed by atoms with Crippen molar-refractivity contribution in [2.75, 3.05) is 6.61 Å². The van der Waals surface area contributed by atoms with Crippen LogP contribution in [0, 0.1) is 0 Å². The second-order valence-corrected chi connectivity index (χ2v) is 26.6. The van der Waals surface area contributed by atoms with Crippen molar-refractivity contribution in [2.45, 2.75) is 70.1 Å². The zero-order valence-corrected chi connectivity index (χ0v) is 18.2. The summed E-state index contributed by atoms with van der Waals surface area (Å²) >= 11 is 0. The van der Waals surface area contributed by atoms with Crippen molar-refractivity contribution in [1.82, 2.24) is 0 Å². The fraction of sp³-hybridized carbons (Fsp3) is 0.800. The Kier molecular flexibility index (Phi) is 5.89. The van der Waals surface area contributed by atoms with Crippen molar-refractivity contribution in [3.63, 3.8) is 0 Å². The van der Waals surface area contributed by atoms with E-state index in [1.807, 2.05) is 0 Å². The van der Waals surface area contributed by atoms with Crippen LogP contribution in [0.4, 0.5) is 0 Å². The van der Waals surface area contributed by atoms with E-state index in [-0.39, 0.29) is 10.3 Å². The summed E-state index contributed by atoms with van der Waals surface area (Å²) in [5.74, 6) is -0.232. The first-order chi connectivity index (χ1) is 8.58. The van der Waals surface area contributed by atoms with Gasteiger partial charge in [-0.1, -0.05) is 65.5 Å². The number of ether oxygens (including phenoxy) is 1. The second kappa shape index (κ2) is 5.93. The molecular weight excluding hydrogens is 296 g/mol. The van der Waals surface area contributed by atoms with E-state index in [1.165, 1.54) is 0 Å². The van der Waals surface area contributed by atoms with Gasteiger partial charge in [-0.15, -0.1) is 0 Å². The molecule has 0 aromatic heterocycles. The molecule has 0 aliphatic rings. The number of hydrogen-bond acceptors (Lipinski definition) is 2. The number of carbonyl (C=O) groups is 1. The predicted molar refractivity (Wildman–Crippen MR) is 98.5 cm³/mol. The molecule has 0 fully saturated rings. The third-order valence-corrected chi connectivity index (χ3v) is 26.2. The third-order valence-electron chi connectivity index (χ3n) is 4.61. The number of rotatable bonds is 6. The molecule has 20 heavy (non-hydrogen) atoms. The Balaban J connectivity index is 5.81. The molecule has 0 bridgehead atoms. The zero-order chi connectivity index (χ0) is 16.6. The molecule has 0 unspecified atom stereocenters. The van der Waals surface area contributed by atoms with Gasteiger partial charge in [0.1, 0.15) is 0 Å². The first-order valence-electron chi connectivity index (χ1n) is 7.40. The van der Waals surface area contributed by atoms with Crippen LogP contribution in [-0.4, -0.2) is 36.8 Å². The summed E-state index contributed by atoms with van der Waals surface area (Å²) in [6.45, 7) is 28.0. The molecule has 0 radical (unpaired) electrons. The van der Waals surface area contributed by atoms with Crippen LogP contribution >= 0.6 is 0 Å². The van der Waals surface area contributed by atoms with E-state index < -0.39 is 24.2 Å². The van der Waals surface area contributed by atoms with Gasteiger partial charge in [0, 0.05) is 29.8 Å². The third kappa shape index (κ3) is 3.74. The lowest BCUT2D eigenvalue weighted by atomic mass is 10.4. The molecule has 0 rings (SSSR count). The van der Waals surface area contributed by atoms with Crippen molar-refractivity contribution >= 4 is 30.2 Å². The first kappa shape index (κ1) is 19.9. The minimum atomic E-state index is -1.49. The van der Waals surface area contributed by atoms with E-state index in [4.69, 9.17) is 4.74 Å². The molecule has 0 saturated heterocycles. The van der Waals surface area contributed by atoms with Crippen LogP contribution in [0.3, 0.4) is 0 Å². The van der Waals surface area contributed by atoms with E-state index in [2.05, 4.69) is 65.5 Å². The van der Waals surface area contributed by atoms with Gasteiger partial charge >= 0.3 is 5.97 Å². The smallest absolute Gasteiger partial charge is 0.333 e. The van der Waals surface area contributed by atoms with Gasteiger partial charge in [-0.2, -0.15) is 0 Å². The van der Waals surface area contributed by atoms with E-state index in [9.17, 15) is 4.79 Å². The van der Waals surface area contributed by atoms with Crippen molar-refractivity contribution in [2.24, 2.45) is 0 Å². The fourth-order valence-corrected chi connectivity index (χ4v) is 32.8. The van der Waals surface area contributed by atoms with Gasteiger partial charge in [-0.3, -0.25) is 0 Å². The second-order valence-electron chi connectivity index (χ2n) is 9.01. The number of esters is 1. The Hall–Kier alpha value is -0.139. The van der Waals surface area contributed by atoms with Crippen LogP contribution in [-0.2, 0) is 9.53 Å². The molecule has 5 heteroatoms. The molecular formula is C15H34O2Si3. The molecule has 0 heterocycles. The van der Waals surface area contributed by atoms with Crippen LogP contribution < -0.4 is 0 Å². The monoisotopic (exact) mass is 330 g/mol. The standard InChI is InChI=1S/C15H34O2Si3/c1-13(2)14(16)17-12-15(18(3,4)5,19(6,7)8)20(9,10)11/h1,12H2,2-11H3. The molecule has 0 aliphatic heterocycles. The Labute approximate surface area is 129 Å². The molecule has 118 valence electrons. The molecule has 0 saturated carbocycles. The lowest BCUT2D eigenvalue weighted by Gasteiger charge is -2.58. The highest BCUT2D eigenvalue weighted by Gasteiger charge is 2.60. The Morgan fingerprint density at radius 1 is 0.900 bits per heavy atom. The molecule has 0 aromatic carbocycles. The summed E-state index contributed by atoms with van der Waals surface area (Å²) in [6.07, 6.45) is 0. The van der Waals surface area contributed by atoms with Gasteiger partial charge < -0.3 is 4.74 Å². The van der Waals surface area contributed by atoms with E-state index in [0.717, 1.165) is 0 Å². The molecule has 0 N–H and O–H groups in total. The van der Waals surface area contributed by atoms with Crippen LogP contribution in [0.5, 0.6) is 0 Å². The topological polar surface area (TPSA) is 26.3 Å². The maximum atomic E-state index is 11.9. The van der Waals surface area contributed by atoms with Crippen molar-refractivity contribution in [3.8, 4) is 0 Å². The van der Waals surface area contributed by atoms with Gasteiger partial charge in [0.05, 0.1) is 6.61 Å².